The predicted octanol–water partition coefficient (Wildman–Crippen LogP) is 3.22. The summed E-state index contributed by atoms with van der Waals surface area (Å²) in [6.07, 6.45) is 1.02. The summed E-state index contributed by atoms with van der Waals surface area (Å²) in [7, 11) is 0. The molecule has 0 spiro atoms. The van der Waals surface area contributed by atoms with E-state index in [2.05, 4.69) is 15.1 Å². The van der Waals surface area contributed by atoms with Gasteiger partial charge in [-0.1, -0.05) is 5.16 Å². The number of benzene rings is 1. The maximum atomic E-state index is 13.1. The quantitative estimate of drug-likeness (QED) is 0.721. The summed E-state index contributed by atoms with van der Waals surface area (Å²) in [5.74, 6) is -2.32. The number of aromatic nitrogens is 3. The molecule has 20 heavy (non-hydrogen) atoms. The molecule has 0 amide bonds. The summed E-state index contributed by atoms with van der Waals surface area (Å²) < 4.78 is 43.7. The summed E-state index contributed by atoms with van der Waals surface area (Å²) in [6, 6.07) is 5.81. The molecule has 2 aromatic heterocycles. The molecule has 100 valence electrons. The molecule has 0 saturated carbocycles. The van der Waals surface area contributed by atoms with Crippen molar-refractivity contribution in [2.45, 2.75) is 0 Å². The number of hydrogen-bond donors (Lipinski definition) is 0. The number of nitrogens with zero attached hydrogens (tertiary/aromatic N) is 3. The normalized spacial score (nSPS) is 10.8. The van der Waals surface area contributed by atoms with Crippen LogP contribution in [0.3, 0.4) is 0 Å². The van der Waals surface area contributed by atoms with Crippen LogP contribution in [0.15, 0.2) is 41.1 Å². The SMILES string of the molecule is Fc1ccc(-c2noc(-c3ccc(F)c(F)c3)n2)nc1. The van der Waals surface area contributed by atoms with E-state index in [4.69, 9.17) is 4.52 Å². The molecule has 0 N–H and O–H groups in total. The smallest absolute Gasteiger partial charge is 0.258 e. The van der Waals surface area contributed by atoms with E-state index < -0.39 is 17.5 Å². The summed E-state index contributed by atoms with van der Waals surface area (Å²) in [4.78, 5) is 7.79. The number of halogens is 3. The van der Waals surface area contributed by atoms with Crippen LogP contribution in [0.25, 0.3) is 23.0 Å². The van der Waals surface area contributed by atoms with Crippen molar-refractivity contribution in [3.8, 4) is 23.0 Å². The Labute approximate surface area is 110 Å². The molecule has 0 fully saturated rings. The molecule has 0 radical (unpaired) electrons. The molecule has 0 aliphatic carbocycles. The van der Waals surface area contributed by atoms with Gasteiger partial charge in [0.2, 0.25) is 5.82 Å². The van der Waals surface area contributed by atoms with Crippen LogP contribution in [0.4, 0.5) is 13.2 Å². The summed E-state index contributed by atoms with van der Waals surface area (Å²) in [6.45, 7) is 0. The molecule has 0 atom stereocenters. The van der Waals surface area contributed by atoms with Gasteiger partial charge in [-0.05, 0) is 30.3 Å². The van der Waals surface area contributed by atoms with Crippen LogP contribution in [0.1, 0.15) is 0 Å². The van der Waals surface area contributed by atoms with Crippen molar-refractivity contribution in [1.82, 2.24) is 15.1 Å². The van der Waals surface area contributed by atoms with Gasteiger partial charge in [0.05, 0.1) is 6.20 Å². The zero-order valence-corrected chi connectivity index (χ0v) is 9.85. The summed E-state index contributed by atoms with van der Waals surface area (Å²) in [5, 5.41) is 3.66. The van der Waals surface area contributed by atoms with Crippen LogP contribution < -0.4 is 0 Å². The molecule has 0 aliphatic rings. The minimum atomic E-state index is -1.01. The lowest BCUT2D eigenvalue weighted by Gasteiger charge is -1.95. The van der Waals surface area contributed by atoms with E-state index in [-0.39, 0.29) is 17.3 Å². The molecule has 4 nitrogen and oxygen atoms in total. The van der Waals surface area contributed by atoms with Crippen LogP contribution in [0.2, 0.25) is 0 Å². The van der Waals surface area contributed by atoms with Gasteiger partial charge in [0.1, 0.15) is 11.5 Å². The van der Waals surface area contributed by atoms with Gasteiger partial charge in [-0.2, -0.15) is 4.98 Å². The van der Waals surface area contributed by atoms with E-state index in [1.54, 1.807) is 0 Å². The minimum absolute atomic E-state index is 0.0185. The average Bonchev–Trinajstić information content (AvgIpc) is 2.92. The lowest BCUT2D eigenvalue weighted by molar-refractivity contribution is 0.431. The monoisotopic (exact) mass is 277 g/mol. The molecule has 1 aromatic carbocycles. The fraction of sp³-hybridized carbons (Fsp3) is 0. The Morgan fingerprint density at radius 2 is 1.80 bits per heavy atom. The largest absolute Gasteiger partial charge is 0.334 e. The first-order valence-corrected chi connectivity index (χ1v) is 5.54. The number of hydrogen-bond acceptors (Lipinski definition) is 4. The topological polar surface area (TPSA) is 51.8 Å². The molecular weight excluding hydrogens is 271 g/mol. The highest BCUT2D eigenvalue weighted by atomic mass is 19.2. The molecule has 2 heterocycles. The lowest BCUT2D eigenvalue weighted by atomic mass is 10.2. The van der Waals surface area contributed by atoms with Crippen molar-refractivity contribution in [3.63, 3.8) is 0 Å². The first-order valence-electron chi connectivity index (χ1n) is 5.54. The second kappa shape index (κ2) is 4.76. The molecule has 3 rings (SSSR count). The zero-order chi connectivity index (χ0) is 14.1. The van der Waals surface area contributed by atoms with Crippen LogP contribution >= 0.6 is 0 Å². The molecule has 3 aromatic rings. The Bertz CT molecular complexity index is 756. The molecule has 0 bridgehead atoms. The van der Waals surface area contributed by atoms with Gasteiger partial charge in [0.25, 0.3) is 5.89 Å². The van der Waals surface area contributed by atoms with Gasteiger partial charge in [0.15, 0.2) is 11.6 Å². The lowest BCUT2D eigenvalue weighted by Crippen LogP contribution is -1.87. The van der Waals surface area contributed by atoms with Crippen LogP contribution in [0, 0.1) is 17.5 Å². The Hall–Kier alpha value is -2.70. The minimum Gasteiger partial charge on any atom is -0.334 e. The molecule has 0 unspecified atom stereocenters. The maximum absolute atomic E-state index is 13.1. The van der Waals surface area contributed by atoms with Crippen molar-refractivity contribution in [1.29, 1.82) is 0 Å². The van der Waals surface area contributed by atoms with E-state index in [9.17, 15) is 13.2 Å². The van der Waals surface area contributed by atoms with Gasteiger partial charge in [-0.15, -0.1) is 0 Å². The van der Waals surface area contributed by atoms with Gasteiger partial charge in [-0.3, -0.25) is 0 Å². The van der Waals surface area contributed by atoms with E-state index >= 15 is 0 Å². The highest BCUT2D eigenvalue weighted by Gasteiger charge is 2.13. The first-order chi connectivity index (χ1) is 9.63. The second-order valence-corrected chi connectivity index (χ2v) is 3.91. The molecule has 7 heteroatoms. The third-order valence-corrected chi connectivity index (χ3v) is 2.55. The molecule has 0 saturated heterocycles. The number of rotatable bonds is 2. The Kier molecular flexibility index (Phi) is 2.94. The maximum Gasteiger partial charge on any atom is 0.258 e. The predicted molar refractivity (Wildman–Crippen MR) is 62.8 cm³/mol. The Morgan fingerprint density at radius 1 is 0.950 bits per heavy atom. The van der Waals surface area contributed by atoms with Crippen molar-refractivity contribution >= 4 is 0 Å². The fourth-order valence-corrected chi connectivity index (χ4v) is 1.58. The second-order valence-electron chi connectivity index (χ2n) is 3.91. The van der Waals surface area contributed by atoms with Gasteiger partial charge < -0.3 is 4.52 Å². The highest BCUT2D eigenvalue weighted by Crippen LogP contribution is 2.22. The number of pyridine rings is 1. The Balaban J connectivity index is 1.97. The summed E-state index contributed by atoms with van der Waals surface area (Å²) >= 11 is 0. The van der Waals surface area contributed by atoms with Crippen LogP contribution in [-0.2, 0) is 0 Å². The van der Waals surface area contributed by atoms with Gasteiger partial charge in [0, 0.05) is 5.56 Å². The van der Waals surface area contributed by atoms with E-state index in [0.29, 0.717) is 5.69 Å². The van der Waals surface area contributed by atoms with E-state index in [1.807, 2.05) is 0 Å². The zero-order valence-electron chi connectivity index (χ0n) is 9.85. The Morgan fingerprint density at radius 3 is 2.50 bits per heavy atom. The van der Waals surface area contributed by atoms with Crippen molar-refractivity contribution in [2.24, 2.45) is 0 Å². The van der Waals surface area contributed by atoms with Gasteiger partial charge >= 0.3 is 0 Å². The molecule has 0 aliphatic heterocycles. The first kappa shape index (κ1) is 12.3. The van der Waals surface area contributed by atoms with E-state index in [1.165, 1.54) is 18.2 Å². The highest BCUT2D eigenvalue weighted by molar-refractivity contribution is 5.57. The third kappa shape index (κ3) is 2.25. The molecular formula is C13H6F3N3O. The fourth-order valence-electron chi connectivity index (χ4n) is 1.58. The van der Waals surface area contributed by atoms with Crippen molar-refractivity contribution < 1.29 is 17.7 Å². The van der Waals surface area contributed by atoms with E-state index in [0.717, 1.165) is 18.3 Å². The van der Waals surface area contributed by atoms with Crippen molar-refractivity contribution in [3.05, 3.63) is 54.0 Å². The third-order valence-electron chi connectivity index (χ3n) is 2.55. The standard InChI is InChI=1S/C13H6F3N3O/c14-8-2-4-11(17-6-8)12-18-13(20-19-12)7-1-3-9(15)10(16)5-7/h1-6H. The van der Waals surface area contributed by atoms with Crippen LogP contribution in [0.5, 0.6) is 0 Å². The average molecular weight is 277 g/mol. The van der Waals surface area contributed by atoms with Gasteiger partial charge in [-0.25, -0.2) is 18.2 Å². The summed E-state index contributed by atoms with van der Waals surface area (Å²) in [5.41, 5.74) is 0.550. The van der Waals surface area contributed by atoms with Crippen LogP contribution in [-0.4, -0.2) is 15.1 Å². The van der Waals surface area contributed by atoms with Crippen molar-refractivity contribution in [2.75, 3.05) is 0 Å².